The van der Waals surface area contributed by atoms with Crippen LogP contribution in [-0.2, 0) is 0 Å². The second-order valence-corrected chi connectivity index (χ2v) is 16.8. The van der Waals surface area contributed by atoms with Crippen LogP contribution in [0.5, 0.6) is 0 Å². The molecule has 11 aromatic carbocycles. The first-order chi connectivity index (χ1) is 32.7. The number of benzene rings is 11. The molecule has 0 saturated carbocycles. The monoisotopic (exact) mass is 841 g/mol. The van der Waals surface area contributed by atoms with Crippen LogP contribution in [0.2, 0.25) is 0 Å². The molecule has 0 fully saturated rings. The van der Waals surface area contributed by atoms with Gasteiger partial charge in [-0.05, 0) is 121 Å². The van der Waals surface area contributed by atoms with Crippen molar-refractivity contribution in [1.82, 2.24) is 0 Å². The maximum absolute atomic E-state index is 6.49. The van der Waals surface area contributed by atoms with Crippen molar-refractivity contribution < 1.29 is 4.42 Å². The van der Waals surface area contributed by atoms with Crippen molar-refractivity contribution in [1.29, 1.82) is 0 Å². The predicted octanol–water partition coefficient (Wildman–Crippen LogP) is 18.2. The maximum atomic E-state index is 6.49. The normalized spacial score (nSPS) is 11.3. The Balaban J connectivity index is 1.03. The molecule has 0 aliphatic heterocycles. The summed E-state index contributed by atoms with van der Waals surface area (Å²) in [6, 6.07) is 94.0. The van der Waals surface area contributed by atoms with E-state index in [0.717, 1.165) is 61.3 Å². The highest BCUT2D eigenvalue weighted by molar-refractivity contribution is 6.09. The maximum Gasteiger partial charge on any atom is 0.143 e. The Labute approximate surface area is 384 Å². The third-order valence-electron chi connectivity index (χ3n) is 12.9. The summed E-state index contributed by atoms with van der Waals surface area (Å²) < 4.78 is 6.49. The topological polar surface area (TPSA) is 16.4 Å². The third kappa shape index (κ3) is 7.12. The first-order valence-corrected chi connectivity index (χ1v) is 22.6. The Morgan fingerprint density at radius 1 is 0.258 bits per heavy atom. The molecule has 0 N–H and O–H groups in total. The summed E-state index contributed by atoms with van der Waals surface area (Å²) in [5.41, 5.74) is 18.9. The van der Waals surface area contributed by atoms with Gasteiger partial charge in [0.1, 0.15) is 11.2 Å². The van der Waals surface area contributed by atoms with Crippen LogP contribution in [-0.4, -0.2) is 0 Å². The summed E-state index contributed by atoms with van der Waals surface area (Å²) in [6.07, 6.45) is 0. The Kier molecular flexibility index (Phi) is 9.89. The van der Waals surface area contributed by atoms with Crippen LogP contribution in [0.3, 0.4) is 0 Å². The molecule has 1 heterocycles. The summed E-state index contributed by atoms with van der Waals surface area (Å²) in [7, 11) is 0. The van der Waals surface area contributed by atoms with E-state index in [1.54, 1.807) is 0 Å². The lowest BCUT2D eigenvalue weighted by atomic mass is 9.84. The summed E-state index contributed by atoms with van der Waals surface area (Å²) >= 11 is 0. The van der Waals surface area contributed by atoms with E-state index in [1.807, 2.05) is 12.1 Å². The van der Waals surface area contributed by atoms with Crippen molar-refractivity contribution in [3.8, 4) is 66.8 Å². The van der Waals surface area contributed by atoms with Gasteiger partial charge in [-0.25, -0.2) is 0 Å². The number of rotatable bonds is 9. The summed E-state index contributed by atoms with van der Waals surface area (Å²) in [4.78, 5) is 2.39. The van der Waals surface area contributed by atoms with Gasteiger partial charge in [0.15, 0.2) is 0 Å². The zero-order chi connectivity index (χ0) is 43.8. The van der Waals surface area contributed by atoms with E-state index >= 15 is 0 Å². The van der Waals surface area contributed by atoms with E-state index in [4.69, 9.17) is 4.42 Å². The van der Waals surface area contributed by atoms with Crippen LogP contribution in [0.4, 0.5) is 17.1 Å². The van der Waals surface area contributed by atoms with Crippen molar-refractivity contribution in [2.75, 3.05) is 4.90 Å². The first kappa shape index (κ1) is 38.9. The lowest BCUT2D eigenvalue weighted by Crippen LogP contribution is -2.10. The molecule has 12 rings (SSSR count). The van der Waals surface area contributed by atoms with Gasteiger partial charge in [0.05, 0.1) is 0 Å². The predicted molar refractivity (Wildman–Crippen MR) is 279 cm³/mol. The minimum Gasteiger partial charge on any atom is -0.455 e. The van der Waals surface area contributed by atoms with Crippen molar-refractivity contribution in [3.63, 3.8) is 0 Å². The molecule has 0 bridgehead atoms. The SMILES string of the molecule is c1ccc(-c2ccccc2-c2c(-c3ccccc3)cccc2-c2cccc(N(c3ccc(-c4cccc5c4oc4ccccc45)cc3)c3cccc(-c4ccc5ccccc5c4)c3)c2)cc1. The molecule has 0 radical (unpaired) electrons. The van der Waals surface area contributed by atoms with Gasteiger partial charge in [0, 0.05) is 33.4 Å². The Morgan fingerprint density at radius 2 is 0.742 bits per heavy atom. The molecule has 0 atom stereocenters. The molecule has 0 aliphatic carbocycles. The third-order valence-corrected chi connectivity index (χ3v) is 12.9. The molecule has 0 amide bonds. The van der Waals surface area contributed by atoms with Gasteiger partial charge in [-0.2, -0.15) is 0 Å². The highest BCUT2D eigenvalue weighted by Crippen LogP contribution is 2.46. The quantitative estimate of drug-likeness (QED) is 0.144. The van der Waals surface area contributed by atoms with Gasteiger partial charge >= 0.3 is 0 Å². The summed E-state index contributed by atoms with van der Waals surface area (Å²) in [5, 5.41) is 4.71. The van der Waals surface area contributed by atoms with E-state index in [-0.39, 0.29) is 0 Å². The van der Waals surface area contributed by atoms with E-state index in [9.17, 15) is 0 Å². The van der Waals surface area contributed by atoms with Gasteiger partial charge < -0.3 is 9.32 Å². The average Bonchev–Trinajstić information content (AvgIpc) is 3.78. The lowest BCUT2D eigenvalue weighted by Gasteiger charge is -2.27. The van der Waals surface area contributed by atoms with E-state index < -0.39 is 0 Å². The van der Waals surface area contributed by atoms with E-state index in [0.29, 0.717) is 0 Å². The highest BCUT2D eigenvalue weighted by atomic mass is 16.3. The molecule has 0 aliphatic rings. The van der Waals surface area contributed by atoms with E-state index in [1.165, 1.54) is 55.3 Å². The van der Waals surface area contributed by atoms with Crippen molar-refractivity contribution in [2.24, 2.45) is 0 Å². The molecule has 66 heavy (non-hydrogen) atoms. The van der Waals surface area contributed by atoms with Crippen LogP contribution in [0.15, 0.2) is 265 Å². The molecule has 12 aromatic rings. The number of para-hydroxylation sites is 2. The molecule has 0 saturated heterocycles. The van der Waals surface area contributed by atoms with Crippen LogP contribution in [0, 0.1) is 0 Å². The van der Waals surface area contributed by atoms with Crippen LogP contribution in [0.1, 0.15) is 0 Å². The Bertz CT molecular complexity index is 3700. The number of nitrogens with zero attached hydrogens (tertiary/aromatic N) is 1. The van der Waals surface area contributed by atoms with Crippen molar-refractivity contribution in [2.45, 2.75) is 0 Å². The lowest BCUT2D eigenvalue weighted by molar-refractivity contribution is 0.670. The fourth-order valence-corrected chi connectivity index (χ4v) is 9.73. The van der Waals surface area contributed by atoms with Gasteiger partial charge in [-0.1, -0.05) is 212 Å². The molecule has 2 heteroatoms. The fourth-order valence-electron chi connectivity index (χ4n) is 9.73. The van der Waals surface area contributed by atoms with E-state index in [2.05, 4.69) is 254 Å². The highest BCUT2D eigenvalue weighted by Gasteiger charge is 2.21. The largest absolute Gasteiger partial charge is 0.455 e. The molecular weight excluding hydrogens is 799 g/mol. The second-order valence-electron chi connectivity index (χ2n) is 16.8. The molecule has 0 spiro atoms. The van der Waals surface area contributed by atoms with Gasteiger partial charge in [0.25, 0.3) is 0 Å². The number of fused-ring (bicyclic) bond motifs is 4. The average molecular weight is 842 g/mol. The van der Waals surface area contributed by atoms with Crippen molar-refractivity contribution >= 4 is 49.8 Å². The molecule has 310 valence electrons. The second kappa shape index (κ2) is 16.8. The fraction of sp³-hybridized carbons (Fsp3) is 0. The standard InChI is InChI=1S/C64H43NO/c1-3-18-45(19-4-1)55-27-9-10-29-60(55)63-56(46-20-5-2-6-21-46)30-15-31-57(63)51-24-14-26-54(43-51)65(53-25-13-23-49(42-53)50-36-35-44-17-7-8-22-48(44)41-50)52-39-37-47(38-40-52)58-32-16-33-61-59-28-11-12-34-62(59)66-64(58)61/h1-43H. The molecular formula is C64H43NO. The zero-order valence-corrected chi connectivity index (χ0v) is 36.2. The number of furan rings is 1. The Hall–Kier alpha value is -8.72. The minimum absolute atomic E-state index is 0.898. The summed E-state index contributed by atoms with van der Waals surface area (Å²) in [6.45, 7) is 0. The smallest absolute Gasteiger partial charge is 0.143 e. The molecule has 2 nitrogen and oxygen atoms in total. The summed E-state index contributed by atoms with van der Waals surface area (Å²) in [5.74, 6) is 0. The van der Waals surface area contributed by atoms with Crippen LogP contribution < -0.4 is 4.90 Å². The molecule has 1 aromatic heterocycles. The van der Waals surface area contributed by atoms with Crippen LogP contribution >= 0.6 is 0 Å². The van der Waals surface area contributed by atoms with Crippen LogP contribution in [0.25, 0.3) is 99.5 Å². The van der Waals surface area contributed by atoms with Crippen molar-refractivity contribution in [3.05, 3.63) is 261 Å². The Morgan fingerprint density at radius 3 is 1.52 bits per heavy atom. The number of anilines is 3. The molecule has 0 unspecified atom stereocenters. The van der Waals surface area contributed by atoms with Gasteiger partial charge in [0.2, 0.25) is 0 Å². The number of hydrogen-bond acceptors (Lipinski definition) is 2. The van der Waals surface area contributed by atoms with Gasteiger partial charge in [-0.3, -0.25) is 0 Å². The number of hydrogen-bond donors (Lipinski definition) is 0. The first-order valence-electron chi connectivity index (χ1n) is 22.6. The zero-order valence-electron chi connectivity index (χ0n) is 36.2. The minimum atomic E-state index is 0.898. The van der Waals surface area contributed by atoms with Gasteiger partial charge in [-0.15, -0.1) is 0 Å².